The van der Waals surface area contributed by atoms with Gasteiger partial charge in [-0.1, -0.05) is 0 Å². The number of ether oxygens (including phenoxy) is 4. The molecule has 6 rings (SSSR count). The van der Waals surface area contributed by atoms with Crippen LogP contribution in [0.4, 0.5) is 10.6 Å². The van der Waals surface area contributed by atoms with Crippen LogP contribution in [0, 0.1) is 0 Å². The lowest BCUT2D eigenvalue weighted by Crippen LogP contribution is -2.46. The van der Waals surface area contributed by atoms with Gasteiger partial charge in [0.15, 0.2) is 11.6 Å². The van der Waals surface area contributed by atoms with Gasteiger partial charge in [-0.15, -0.1) is 10.2 Å². The summed E-state index contributed by atoms with van der Waals surface area (Å²) in [6.45, 7) is 1.88. The van der Waals surface area contributed by atoms with Gasteiger partial charge in [-0.05, 0) is 25.0 Å². The zero-order valence-corrected chi connectivity index (χ0v) is 19.8. The van der Waals surface area contributed by atoms with Crippen molar-refractivity contribution in [2.24, 2.45) is 0 Å². The molecule has 1 saturated carbocycles. The van der Waals surface area contributed by atoms with Crippen molar-refractivity contribution in [3.63, 3.8) is 0 Å². The fourth-order valence-corrected chi connectivity index (χ4v) is 5.12. The number of amides is 1. The maximum atomic E-state index is 12.7. The first-order valence-electron chi connectivity index (χ1n) is 12.0. The second-order valence-corrected chi connectivity index (χ2v) is 8.98. The number of rotatable bonds is 6. The largest absolute Gasteiger partial charge is 0.484 e. The summed E-state index contributed by atoms with van der Waals surface area (Å²) >= 11 is 0. The lowest BCUT2D eigenvalue weighted by molar-refractivity contribution is 0.102. The van der Waals surface area contributed by atoms with Gasteiger partial charge in [-0.25, -0.2) is 4.79 Å². The smallest absolute Gasteiger partial charge is 0.416 e. The monoisotopic (exact) mass is 494 g/mol. The predicted octanol–water partition coefficient (Wildman–Crippen LogP) is 1.50. The molecule has 1 saturated heterocycles. The maximum Gasteiger partial charge on any atom is 0.416 e. The molecule has 188 valence electrons. The van der Waals surface area contributed by atoms with Crippen LogP contribution in [0.3, 0.4) is 0 Å². The van der Waals surface area contributed by atoms with Gasteiger partial charge in [-0.2, -0.15) is 4.98 Å². The van der Waals surface area contributed by atoms with Gasteiger partial charge in [0.25, 0.3) is 11.4 Å². The maximum absolute atomic E-state index is 12.7. The van der Waals surface area contributed by atoms with Crippen molar-refractivity contribution < 1.29 is 23.7 Å². The average molecular weight is 495 g/mol. The van der Waals surface area contributed by atoms with E-state index in [1.807, 2.05) is 6.07 Å². The summed E-state index contributed by atoms with van der Waals surface area (Å²) in [6.07, 6.45) is 1.57. The van der Waals surface area contributed by atoms with Crippen LogP contribution in [0.15, 0.2) is 35.1 Å². The van der Waals surface area contributed by atoms with Crippen LogP contribution in [0.25, 0.3) is 11.0 Å². The molecule has 3 aliphatic rings. The number of pyridine rings is 2. The molecule has 2 fully saturated rings. The van der Waals surface area contributed by atoms with Gasteiger partial charge < -0.3 is 24.3 Å². The fourth-order valence-electron chi connectivity index (χ4n) is 5.12. The lowest BCUT2D eigenvalue weighted by atomic mass is 9.88. The first kappa shape index (κ1) is 22.5. The van der Waals surface area contributed by atoms with E-state index in [0.29, 0.717) is 61.7 Å². The zero-order valence-electron chi connectivity index (χ0n) is 19.8. The highest BCUT2D eigenvalue weighted by Gasteiger charge is 2.47. The molecular weight excluding hydrogens is 468 g/mol. The molecule has 1 N–H and O–H groups in total. The molecule has 36 heavy (non-hydrogen) atoms. The molecule has 0 radical (unpaired) electrons. The molecule has 0 unspecified atom stereocenters. The number of nitrogens with one attached hydrogen (secondary N) is 1. The zero-order chi connectivity index (χ0) is 24.6. The average Bonchev–Trinajstić information content (AvgIpc) is 3.24. The number of nitrogens with zero attached hydrogens (tertiary/aromatic N) is 5. The minimum absolute atomic E-state index is 0.116. The van der Waals surface area contributed by atoms with E-state index in [9.17, 15) is 9.59 Å². The Morgan fingerprint density at radius 3 is 2.86 bits per heavy atom. The molecule has 12 nitrogen and oxygen atoms in total. The van der Waals surface area contributed by atoms with Crippen LogP contribution in [-0.2, 0) is 11.3 Å². The molecule has 0 bridgehead atoms. The third-order valence-electron chi connectivity index (χ3n) is 6.86. The fraction of sp³-hybridized carbons (Fsp3) is 0.458. The van der Waals surface area contributed by atoms with Crippen molar-refractivity contribution in [2.45, 2.75) is 44.0 Å². The van der Waals surface area contributed by atoms with Gasteiger partial charge in [0, 0.05) is 49.1 Å². The first-order valence-corrected chi connectivity index (χ1v) is 12.0. The summed E-state index contributed by atoms with van der Waals surface area (Å²) in [6, 6.07) is 8.69. The lowest BCUT2D eigenvalue weighted by Gasteiger charge is -2.33. The minimum atomic E-state index is -0.432. The van der Waals surface area contributed by atoms with Crippen LogP contribution >= 0.6 is 0 Å². The van der Waals surface area contributed by atoms with Crippen molar-refractivity contribution in [3.8, 4) is 17.5 Å². The Morgan fingerprint density at radius 2 is 1.97 bits per heavy atom. The van der Waals surface area contributed by atoms with Crippen LogP contribution in [0.2, 0.25) is 0 Å². The van der Waals surface area contributed by atoms with Crippen molar-refractivity contribution >= 4 is 22.9 Å². The van der Waals surface area contributed by atoms with Gasteiger partial charge in [0.05, 0.1) is 13.2 Å². The van der Waals surface area contributed by atoms with Crippen molar-refractivity contribution in [2.75, 3.05) is 31.8 Å². The highest BCUT2D eigenvalue weighted by Crippen LogP contribution is 2.37. The number of aromatic nitrogens is 4. The first-order chi connectivity index (χ1) is 17.6. The van der Waals surface area contributed by atoms with E-state index in [1.54, 1.807) is 40.8 Å². The molecule has 0 aromatic carbocycles. The number of hydrogen-bond acceptors (Lipinski definition) is 10. The van der Waals surface area contributed by atoms with Gasteiger partial charge in [0.1, 0.15) is 25.0 Å². The standard InChI is InChI=1S/C24H26N6O6/c1-33-20-6-2-14-3-7-21(31)29(22(14)26-20)9-8-25-15-4-5-16-17(12-15)36-24(32)30(16)19-13-18-23(28-27-19)35-11-10-34-18/h2-3,6-7,13,15-17,25H,4-5,8-12H2,1H3/t15-,16-,17-/m1/s1. The summed E-state index contributed by atoms with van der Waals surface area (Å²) < 4.78 is 23.6. The molecule has 2 aliphatic heterocycles. The number of carbonyl (C=O) groups excluding carboxylic acids is 1. The summed E-state index contributed by atoms with van der Waals surface area (Å²) in [5.74, 6) is 1.68. The van der Waals surface area contributed by atoms with Crippen molar-refractivity contribution in [3.05, 3.63) is 40.7 Å². The Morgan fingerprint density at radius 1 is 1.11 bits per heavy atom. The van der Waals surface area contributed by atoms with E-state index in [2.05, 4.69) is 20.5 Å². The van der Waals surface area contributed by atoms with Gasteiger partial charge in [0.2, 0.25) is 5.88 Å². The summed E-state index contributed by atoms with van der Waals surface area (Å²) in [4.78, 5) is 31.3. The van der Waals surface area contributed by atoms with E-state index in [0.717, 1.165) is 18.2 Å². The summed E-state index contributed by atoms with van der Waals surface area (Å²) in [5, 5.41) is 12.6. The van der Waals surface area contributed by atoms with Crippen LogP contribution in [0.5, 0.6) is 17.5 Å². The predicted molar refractivity (Wildman–Crippen MR) is 128 cm³/mol. The Labute approximate surface area is 206 Å². The molecule has 3 aromatic rings. The molecule has 5 heterocycles. The van der Waals surface area contributed by atoms with Crippen molar-refractivity contribution in [1.29, 1.82) is 0 Å². The van der Waals surface area contributed by atoms with E-state index >= 15 is 0 Å². The molecule has 12 heteroatoms. The number of anilines is 1. The molecule has 1 aliphatic carbocycles. The van der Waals surface area contributed by atoms with E-state index in [4.69, 9.17) is 18.9 Å². The Balaban J connectivity index is 1.10. The molecule has 3 aromatic heterocycles. The third kappa shape index (κ3) is 4.06. The minimum Gasteiger partial charge on any atom is -0.484 e. The number of fused-ring (bicyclic) bond motifs is 3. The molecule has 3 atom stereocenters. The topological polar surface area (TPSA) is 130 Å². The molecule has 1 amide bonds. The van der Waals surface area contributed by atoms with Crippen molar-refractivity contribution in [1.82, 2.24) is 25.1 Å². The second-order valence-electron chi connectivity index (χ2n) is 8.98. The highest BCUT2D eigenvalue weighted by molar-refractivity contribution is 5.89. The van der Waals surface area contributed by atoms with Crippen LogP contribution in [0.1, 0.15) is 19.3 Å². The Kier molecular flexibility index (Phi) is 5.80. The van der Waals surface area contributed by atoms with Crippen LogP contribution in [-0.4, -0.2) is 70.9 Å². The number of carbonyl (C=O) groups is 1. The number of methoxy groups -OCH3 is 1. The quantitative estimate of drug-likeness (QED) is 0.538. The normalized spacial score (nSPS) is 22.9. The molecule has 0 spiro atoms. The summed E-state index contributed by atoms with van der Waals surface area (Å²) in [7, 11) is 1.55. The number of hydrogen-bond donors (Lipinski definition) is 1. The molecular formula is C24H26N6O6. The Hall–Kier alpha value is -3.93. The SMILES string of the molecule is COc1ccc2ccc(=O)n(CCN[C@@H]3CC[C@@H]4[C@@H](C3)OC(=O)N4c3cc4c(nn3)OCCO4)c2n1. The second kappa shape index (κ2) is 9.26. The third-order valence-corrected chi connectivity index (χ3v) is 6.86. The summed E-state index contributed by atoms with van der Waals surface area (Å²) in [5.41, 5.74) is 0.475. The highest BCUT2D eigenvalue weighted by atomic mass is 16.6. The van der Waals surface area contributed by atoms with Gasteiger partial charge in [-0.3, -0.25) is 14.3 Å². The Bertz CT molecular complexity index is 1360. The van der Waals surface area contributed by atoms with E-state index in [-0.39, 0.29) is 23.7 Å². The van der Waals surface area contributed by atoms with Gasteiger partial charge >= 0.3 is 6.09 Å². The van der Waals surface area contributed by atoms with E-state index in [1.165, 1.54) is 0 Å². The van der Waals surface area contributed by atoms with E-state index < -0.39 is 6.09 Å². The van der Waals surface area contributed by atoms with Crippen LogP contribution < -0.4 is 30.0 Å².